The molecular formula is C14H21ClN2O2. The van der Waals surface area contributed by atoms with E-state index in [1.807, 2.05) is 38.1 Å². The first-order valence-corrected chi connectivity index (χ1v) is 6.70. The van der Waals surface area contributed by atoms with Crippen molar-refractivity contribution in [3.8, 4) is 0 Å². The van der Waals surface area contributed by atoms with Gasteiger partial charge in [-0.2, -0.15) is 0 Å². The van der Waals surface area contributed by atoms with Gasteiger partial charge in [0.25, 0.3) is 0 Å². The molecule has 4 nitrogen and oxygen atoms in total. The van der Waals surface area contributed by atoms with Gasteiger partial charge in [-0.25, -0.2) is 0 Å². The molecule has 1 aromatic carbocycles. The van der Waals surface area contributed by atoms with Gasteiger partial charge in [-0.3, -0.25) is 10.1 Å². The van der Waals surface area contributed by atoms with Gasteiger partial charge in [0.1, 0.15) is 0 Å². The van der Waals surface area contributed by atoms with Crippen molar-refractivity contribution < 1.29 is 9.53 Å². The summed E-state index contributed by atoms with van der Waals surface area (Å²) in [4.78, 5) is 11.8. The zero-order valence-electron chi connectivity index (χ0n) is 11.6. The summed E-state index contributed by atoms with van der Waals surface area (Å²) in [5.41, 5.74) is 1.10. The normalized spacial score (nSPS) is 13.9. The predicted molar refractivity (Wildman–Crippen MR) is 77.4 cm³/mol. The SMILES string of the molecule is COCCNC(=O)C(C)N[C@@H](C)c1ccc(Cl)cc1. The molecule has 5 heteroatoms. The van der Waals surface area contributed by atoms with E-state index in [1.54, 1.807) is 7.11 Å². The Kier molecular flexibility index (Phi) is 6.84. The Hall–Kier alpha value is -1.10. The van der Waals surface area contributed by atoms with Crippen molar-refractivity contribution in [3.63, 3.8) is 0 Å². The van der Waals surface area contributed by atoms with Gasteiger partial charge in [-0.1, -0.05) is 23.7 Å². The molecule has 0 saturated carbocycles. The molecule has 0 aliphatic heterocycles. The maximum Gasteiger partial charge on any atom is 0.236 e. The van der Waals surface area contributed by atoms with E-state index in [1.165, 1.54) is 0 Å². The summed E-state index contributed by atoms with van der Waals surface area (Å²) in [6, 6.07) is 7.42. The molecule has 0 bridgehead atoms. The fourth-order valence-corrected chi connectivity index (χ4v) is 1.85. The Labute approximate surface area is 119 Å². The maximum atomic E-state index is 11.8. The molecule has 0 aliphatic carbocycles. The molecule has 1 amide bonds. The Balaban J connectivity index is 2.44. The Morgan fingerprint density at radius 3 is 2.53 bits per heavy atom. The number of rotatable bonds is 7. The van der Waals surface area contributed by atoms with Gasteiger partial charge >= 0.3 is 0 Å². The quantitative estimate of drug-likeness (QED) is 0.754. The monoisotopic (exact) mass is 284 g/mol. The van der Waals surface area contributed by atoms with E-state index < -0.39 is 0 Å². The first-order chi connectivity index (χ1) is 9.04. The molecule has 106 valence electrons. The lowest BCUT2D eigenvalue weighted by molar-refractivity contribution is -0.123. The second-order valence-corrected chi connectivity index (χ2v) is 4.88. The van der Waals surface area contributed by atoms with Crippen LogP contribution in [0.2, 0.25) is 5.02 Å². The average molecular weight is 285 g/mol. The summed E-state index contributed by atoms with van der Waals surface area (Å²) in [5.74, 6) is -0.0298. The highest BCUT2D eigenvalue weighted by atomic mass is 35.5. The molecule has 0 saturated heterocycles. The van der Waals surface area contributed by atoms with Crippen molar-refractivity contribution in [1.29, 1.82) is 0 Å². The summed E-state index contributed by atoms with van der Waals surface area (Å²) in [6.45, 7) is 4.90. The first-order valence-electron chi connectivity index (χ1n) is 6.32. The smallest absolute Gasteiger partial charge is 0.236 e. The highest BCUT2D eigenvalue weighted by Crippen LogP contribution is 2.16. The number of amides is 1. The molecular weight excluding hydrogens is 264 g/mol. The number of methoxy groups -OCH3 is 1. The zero-order valence-corrected chi connectivity index (χ0v) is 12.3. The number of hydrogen-bond donors (Lipinski definition) is 2. The molecule has 0 fully saturated rings. The Morgan fingerprint density at radius 1 is 1.32 bits per heavy atom. The second kappa shape index (κ2) is 8.15. The average Bonchev–Trinajstić information content (AvgIpc) is 2.39. The molecule has 0 heterocycles. The number of ether oxygens (including phenoxy) is 1. The van der Waals surface area contributed by atoms with Crippen molar-refractivity contribution in [2.75, 3.05) is 20.3 Å². The summed E-state index contributed by atoms with van der Waals surface area (Å²) >= 11 is 5.85. The van der Waals surface area contributed by atoms with E-state index in [4.69, 9.17) is 16.3 Å². The number of nitrogens with one attached hydrogen (secondary N) is 2. The van der Waals surface area contributed by atoms with Crippen LogP contribution in [0.15, 0.2) is 24.3 Å². The minimum atomic E-state index is -0.262. The third kappa shape index (κ3) is 5.59. The molecule has 19 heavy (non-hydrogen) atoms. The van der Waals surface area contributed by atoms with Crippen molar-refractivity contribution in [3.05, 3.63) is 34.9 Å². The number of hydrogen-bond acceptors (Lipinski definition) is 3. The number of carbonyl (C=O) groups is 1. The van der Waals surface area contributed by atoms with Crippen molar-refractivity contribution in [2.24, 2.45) is 0 Å². The maximum absolute atomic E-state index is 11.8. The van der Waals surface area contributed by atoms with E-state index in [-0.39, 0.29) is 18.0 Å². The van der Waals surface area contributed by atoms with Gasteiger partial charge in [0.15, 0.2) is 0 Å². The number of halogens is 1. The Morgan fingerprint density at radius 2 is 1.95 bits per heavy atom. The minimum absolute atomic E-state index is 0.0298. The lowest BCUT2D eigenvalue weighted by Gasteiger charge is -2.20. The van der Waals surface area contributed by atoms with Crippen LogP contribution in [0.5, 0.6) is 0 Å². The Bertz CT molecular complexity index is 395. The highest BCUT2D eigenvalue weighted by Gasteiger charge is 2.15. The van der Waals surface area contributed by atoms with Crippen LogP contribution in [0.4, 0.5) is 0 Å². The summed E-state index contributed by atoms with van der Waals surface area (Å²) in [5, 5.41) is 6.76. The molecule has 0 spiro atoms. The highest BCUT2D eigenvalue weighted by molar-refractivity contribution is 6.30. The van der Waals surface area contributed by atoms with Crippen LogP contribution in [-0.2, 0) is 9.53 Å². The molecule has 0 radical (unpaired) electrons. The van der Waals surface area contributed by atoms with E-state index >= 15 is 0 Å². The summed E-state index contributed by atoms with van der Waals surface area (Å²) in [6.07, 6.45) is 0. The fourth-order valence-electron chi connectivity index (χ4n) is 1.73. The van der Waals surface area contributed by atoms with Crippen molar-refractivity contribution in [1.82, 2.24) is 10.6 Å². The number of benzene rings is 1. The minimum Gasteiger partial charge on any atom is -0.383 e. The number of carbonyl (C=O) groups excluding carboxylic acids is 1. The van der Waals surface area contributed by atoms with Crippen molar-refractivity contribution in [2.45, 2.75) is 25.9 Å². The third-order valence-electron chi connectivity index (χ3n) is 2.87. The second-order valence-electron chi connectivity index (χ2n) is 4.45. The largest absolute Gasteiger partial charge is 0.383 e. The summed E-state index contributed by atoms with van der Waals surface area (Å²) in [7, 11) is 1.61. The molecule has 0 aliphatic rings. The first kappa shape index (κ1) is 16.0. The van der Waals surface area contributed by atoms with Gasteiger partial charge in [0.2, 0.25) is 5.91 Å². The lowest BCUT2D eigenvalue weighted by atomic mass is 10.1. The molecule has 2 N–H and O–H groups in total. The van der Waals surface area contributed by atoms with Gasteiger partial charge < -0.3 is 10.1 Å². The molecule has 1 rings (SSSR count). The van der Waals surface area contributed by atoms with Crippen LogP contribution in [-0.4, -0.2) is 32.2 Å². The van der Waals surface area contributed by atoms with Gasteiger partial charge in [-0.15, -0.1) is 0 Å². The van der Waals surface area contributed by atoms with E-state index in [0.717, 1.165) is 5.56 Å². The van der Waals surface area contributed by atoms with Gasteiger partial charge in [0, 0.05) is 24.7 Å². The standard InChI is InChI=1S/C14H21ClN2O2/c1-10(12-4-6-13(15)7-5-12)17-11(2)14(18)16-8-9-19-3/h4-7,10-11,17H,8-9H2,1-3H3,(H,16,18)/t10-,11?/m0/s1. The predicted octanol–water partition coefficient (Wildman–Crippen LogP) is 2.14. The van der Waals surface area contributed by atoms with Crippen LogP contribution in [0.3, 0.4) is 0 Å². The molecule has 1 aromatic rings. The van der Waals surface area contributed by atoms with Crippen LogP contribution in [0.1, 0.15) is 25.5 Å². The fraction of sp³-hybridized carbons (Fsp3) is 0.500. The van der Waals surface area contributed by atoms with E-state index in [0.29, 0.717) is 18.2 Å². The topological polar surface area (TPSA) is 50.4 Å². The third-order valence-corrected chi connectivity index (χ3v) is 3.12. The zero-order chi connectivity index (χ0) is 14.3. The lowest BCUT2D eigenvalue weighted by Crippen LogP contribution is -2.44. The van der Waals surface area contributed by atoms with Crippen LogP contribution < -0.4 is 10.6 Å². The van der Waals surface area contributed by atoms with Gasteiger partial charge in [0.05, 0.1) is 12.6 Å². The van der Waals surface area contributed by atoms with Crippen LogP contribution >= 0.6 is 11.6 Å². The van der Waals surface area contributed by atoms with Gasteiger partial charge in [-0.05, 0) is 31.5 Å². The summed E-state index contributed by atoms with van der Waals surface area (Å²) < 4.78 is 4.89. The molecule has 1 unspecified atom stereocenters. The van der Waals surface area contributed by atoms with Crippen LogP contribution in [0, 0.1) is 0 Å². The van der Waals surface area contributed by atoms with Crippen molar-refractivity contribution >= 4 is 17.5 Å². The molecule has 0 aromatic heterocycles. The van der Waals surface area contributed by atoms with Crippen LogP contribution in [0.25, 0.3) is 0 Å². The van der Waals surface area contributed by atoms with E-state index in [9.17, 15) is 4.79 Å². The van der Waals surface area contributed by atoms with E-state index in [2.05, 4.69) is 10.6 Å². The molecule has 2 atom stereocenters.